The Kier molecular flexibility index (Phi) is 3.36. The van der Waals surface area contributed by atoms with Crippen molar-refractivity contribution in [3.05, 3.63) is 0 Å². The van der Waals surface area contributed by atoms with Crippen LogP contribution in [0.3, 0.4) is 0 Å². The van der Waals surface area contributed by atoms with E-state index in [9.17, 15) is 5.11 Å². The van der Waals surface area contributed by atoms with Gasteiger partial charge in [0.05, 0.1) is 5.60 Å². The highest BCUT2D eigenvalue weighted by Crippen LogP contribution is 2.34. The van der Waals surface area contributed by atoms with Crippen LogP contribution < -0.4 is 0 Å². The summed E-state index contributed by atoms with van der Waals surface area (Å²) in [5.74, 6) is 0.710. The van der Waals surface area contributed by atoms with Crippen LogP contribution >= 0.6 is 0 Å². The summed E-state index contributed by atoms with van der Waals surface area (Å²) >= 11 is 0. The summed E-state index contributed by atoms with van der Waals surface area (Å²) in [6.07, 6.45) is 7.16. The quantitative estimate of drug-likeness (QED) is 0.758. The first kappa shape index (κ1) is 11.4. The minimum atomic E-state index is -0.379. The van der Waals surface area contributed by atoms with E-state index in [-0.39, 0.29) is 5.60 Å². The molecule has 0 bridgehead atoms. The summed E-state index contributed by atoms with van der Waals surface area (Å²) in [5.41, 5.74) is -0.379. The molecule has 0 aromatic carbocycles. The second-order valence-corrected chi connectivity index (χ2v) is 5.89. The standard InChI is InChI=1S/C13H25NO/c1-11-5-3-7-13(15,9-11)10-14-8-4-6-12(14)2/h11-12,15H,3-10H2,1-2H3. The number of hydrogen-bond donors (Lipinski definition) is 1. The molecule has 0 spiro atoms. The summed E-state index contributed by atoms with van der Waals surface area (Å²) < 4.78 is 0. The zero-order chi connectivity index (χ0) is 10.9. The number of likely N-dealkylation sites (tertiary alicyclic amines) is 1. The second-order valence-electron chi connectivity index (χ2n) is 5.89. The van der Waals surface area contributed by atoms with Crippen LogP contribution in [0.15, 0.2) is 0 Å². The summed E-state index contributed by atoms with van der Waals surface area (Å²) in [7, 11) is 0. The molecule has 15 heavy (non-hydrogen) atoms. The van der Waals surface area contributed by atoms with Crippen molar-refractivity contribution < 1.29 is 5.11 Å². The van der Waals surface area contributed by atoms with E-state index < -0.39 is 0 Å². The maximum atomic E-state index is 10.6. The highest BCUT2D eigenvalue weighted by Gasteiger charge is 2.36. The average Bonchev–Trinajstić information content (AvgIpc) is 2.50. The Labute approximate surface area is 93.7 Å². The van der Waals surface area contributed by atoms with Gasteiger partial charge in [-0.1, -0.05) is 19.8 Å². The molecule has 1 saturated carbocycles. The second kappa shape index (κ2) is 4.42. The Hall–Kier alpha value is -0.0800. The van der Waals surface area contributed by atoms with Gasteiger partial charge in [-0.15, -0.1) is 0 Å². The molecule has 0 amide bonds. The van der Waals surface area contributed by atoms with Crippen molar-refractivity contribution in [3.8, 4) is 0 Å². The molecule has 0 aromatic heterocycles. The highest BCUT2D eigenvalue weighted by molar-refractivity contribution is 4.90. The zero-order valence-corrected chi connectivity index (χ0v) is 10.2. The van der Waals surface area contributed by atoms with Gasteiger partial charge in [-0.25, -0.2) is 0 Å². The van der Waals surface area contributed by atoms with E-state index >= 15 is 0 Å². The van der Waals surface area contributed by atoms with E-state index in [0.717, 1.165) is 19.4 Å². The molecule has 3 unspecified atom stereocenters. The Morgan fingerprint density at radius 2 is 2.07 bits per heavy atom. The fourth-order valence-electron chi connectivity index (χ4n) is 3.38. The SMILES string of the molecule is CC1CCCC(O)(CN2CCCC2C)C1. The van der Waals surface area contributed by atoms with Gasteiger partial charge in [0, 0.05) is 12.6 Å². The lowest BCUT2D eigenvalue weighted by atomic mass is 9.78. The molecule has 1 heterocycles. The van der Waals surface area contributed by atoms with Crippen molar-refractivity contribution in [2.45, 2.75) is 64.0 Å². The van der Waals surface area contributed by atoms with Crippen LogP contribution in [-0.2, 0) is 0 Å². The molecule has 3 atom stereocenters. The number of aliphatic hydroxyl groups is 1. The topological polar surface area (TPSA) is 23.5 Å². The van der Waals surface area contributed by atoms with Gasteiger partial charge in [0.25, 0.3) is 0 Å². The van der Waals surface area contributed by atoms with Crippen LogP contribution in [0.2, 0.25) is 0 Å². The van der Waals surface area contributed by atoms with Crippen molar-refractivity contribution in [3.63, 3.8) is 0 Å². The van der Waals surface area contributed by atoms with E-state index in [1.165, 1.54) is 32.2 Å². The molecule has 2 aliphatic rings. The molecule has 0 radical (unpaired) electrons. The maximum absolute atomic E-state index is 10.6. The lowest BCUT2D eigenvalue weighted by Crippen LogP contribution is -2.46. The smallest absolute Gasteiger partial charge is 0.0776 e. The molecule has 1 aliphatic heterocycles. The van der Waals surface area contributed by atoms with Gasteiger partial charge in [0.15, 0.2) is 0 Å². The fourth-order valence-corrected chi connectivity index (χ4v) is 3.38. The van der Waals surface area contributed by atoms with Gasteiger partial charge in [-0.05, 0) is 45.1 Å². The minimum Gasteiger partial charge on any atom is -0.389 e. The number of rotatable bonds is 2. The molecule has 0 aromatic rings. The van der Waals surface area contributed by atoms with Gasteiger partial charge >= 0.3 is 0 Å². The summed E-state index contributed by atoms with van der Waals surface area (Å²) in [5, 5.41) is 10.6. The van der Waals surface area contributed by atoms with Crippen molar-refractivity contribution in [1.29, 1.82) is 0 Å². The van der Waals surface area contributed by atoms with E-state index in [1.54, 1.807) is 0 Å². The molecule has 2 nitrogen and oxygen atoms in total. The van der Waals surface area contributed by atoms with Crippen molar-refractivity contribution in [2.75, 3.05) is 13.1 Å². The van der Waals surface area contributed by atoms with Crippen LogP contribution in [0.5, 0.6) is 0 Å². The van der Waals surface area contributed by atoms with E-state index in [1.807, 2.05) is 0 Å². The first-order valence-corrected chi connectivity index (χ1v) is 6.55. The molecule has 88 valence electrons. The fraction of sp³-hybridized carbons (Fsp3) is 1.00. The lowest BCUT2D eigenvalue weighted by molar-refractivity contribution is -0.0412. The number of nitrogens with zero attached hydrogens (tertiary/aromatic N) is 1. The van der Waals surface area contributed by atoms with Gasteiger partial charge < -0.3 is 5.11 Å². The van der Waals surface area contributed by atoms with Gasteiger partial charge in [-0.2, -0.15) is 0 Å². The molecule has 1 saturated heterocycles. The molecule has 2 rings (SSSR count). The van der Waals surface area contributed by atoms with Gasteiger partial charge in [0.1, 0.15) is 0 Å². The highest BCUT2D eigenvalue weighted by atomic mass is 16.3. The number of hydrogen-bond acceptors (Lipinski definition) is 2. The van der Waals surface area contributed by atoms with Crippen molar-refractivity contribution in [2.24, 2.45) is 5.92 Å². The molecule has 2 heteroatoms. The first-order chi connectivity index (χ1) is 7.09. The van der Waals surface area contributed by atoms with Gasteiger partial charge in [-0.3, -0.25) is 4.90 Å². The predicted molar refractivity (Wildman–Crippen MR) is 62.9 cm³/mol. The Morgan fingerprint density at radius 1 is 1.27 bits per heavy atom. The monoisotopic (exact) mass is 211 g/mol. The Morgan fingerprint density at radius 3 is 2.67 bits per heavy atom. The van der Waals surface area contributed by atoms with E-state index in [0.29, 0.717) is 12.0 Å². The van der Waals surface area contributed by atoms with Crippen molar-refractivity contribution in [1.82, 2.24) is 4.90 Å². The molecular formula is C13H25NO. The maximum Gasteiger partial charge on any atom is 0.0776 e. The minimum absolute atomic E-state index is 0.379. The van der Waals surface area contributed by atoms with Crippen LogP contribution in [0.1, 0.15) is 52.4 Å². The molecule has 1 N–H and O–H groups in total. The number of β-amino-alcohol motifs (C(OH)–C–C–N with tert-alkyl or cyclic N) is 1. The Bertz CT molecular complexity index is 219. The normalized spacial score (nSPS) is 43.4. The van der Waals surface area contributed by atoms with E-state index in [4.69, 9.17) is 0 Å². The van der Waals surface area contributed by atoms with Crippen LogP contribution in [0, 0.1) is 5.92 Å². The summed E-state index contributed by atoms with van der Waals surface area (Å²) in [6, 6.07) is 0.686. The van der Waals surface area contributed by atoms with Gasteiger partial charge in [0.2, 0.25) is 0 Å². The third-order valence-corrected chi connectivity index (χ3v) is 4.26. The first-order valence-electron chi connectivity index (χ1n) is 6.55. The Balaban J connectivity index is 1.91. The largest absolute Gasteiger partial charge is 0.389 e. The third-order valence-electron chi connectivity index (χ3n) is 4.26. The van der Waals surface area contributed by atoms with Crippen LogP contribution in [0.4, 0.5) is 0 Å². The average molecular weight is 211 g/mol. The predicted octanol–water partition coefficient (Wildman–Crippen LogP) is 2.41. The van der Waals surface area contributed by atoms with Crippen LogP contribution in [-0.4, -0.2) is 34.7 Å². The van der Waals surface area contributed by atoms with E-state index in [2.05, 4.69) is 18.7 Å². The zero-order valence-electron chi connectivity index (χ0n) is 10.2. The summed E-state index contributed by atoms with van der Waals surface area (Å²) in [4.78, 5) is 2.48. The van der Waals surface area contributed by atoms with Crippen LogP contribution in [0.25, 0.3) is 0 Å². The summed E-state index contributed by atoms with van der Waals surface area (Å²) in [6.45, 7) is 6.68. The van der Waals surface area contributed by atoms with Crippen molar-refractivity contribution >= 4 is 0 Å². The molecule has 2 fully saturated rings. The lowest BCUT2D eigenvalue weighted by Gasteiger charge is -2.39. The third kappa shape index (κ3) is 2.73. The molecule has 1 aliphatic carbocycles. The molecular weight excluding hydrogens is 186 g/mol.